The topological polar surface area (TPSA) is 58.6 Å². The van der Waals surface area contributed by atoms with Crippen LogP contribution in [0.5, 0.6) is 5.75 Å². The lowest BCUT2D eigenvalue weighted by atomic mass is 10.1. The highest BCUT2D eigenvalue weighted by Gasteiger charge is 2.28. The quantitative estimate of drug-likeness (QED) is 0.513. The minimum absolute atomic E-state index is 0.00325. The van der Waals surface area contributed by atoms with E-state index in [1.54, 1.807) is 23.8 Å². The smallest absolute Gasteiger partial charge is 0.242 e. The van der Waals surface area contributed by atoms with Crippen molar-refractivity contribution in [2.24, 2.45) is 0 Å². The van der Waals surface area contributed by atoms with E-state index in [2.05, 4.69) is 17.4 Å². The van der Waals surface area contributed by atoms with Crippen LogP contribution in [-0.2, 0) is 21.9 Å². The van der Waals surface area contributed by atoms with Gasteiger partial charge in [0.05, 0.1) is 7.11 Å². The van der Waals surface area contributed by atoms with Gasteiger partial charge in [0.2, 0.25) is 11.8 Å². The van der Waals surface area contributed by atoms with Gasteiger partial charge < -0.3 is 15.0 Å². The van der Waals surface area contributed by atoms with E-state index < -0.39 is 6.04 Å². The predicted octanol–water partition coefficient (Wildman–Crippen LogP) is 4.26. The Hall–Kier alpha value is -2.47. The number of benzene rings is 2. The van der Waals surface area contributed by atoms with E-state index in [-0.39, 0.29) is 11.8 Å². The molecule has 0 saturated carbocycles. The Bertz CT molecular complexity index is 798. The molecular formula is C24H32N2O3S. The number of hydrogen-bond acceptors (Lipinski definition) is 4. The van der Waals surface area contributed by atoms with Crippen molar-refractivity contribution in [2.45, 2.75) is 45.0 Å². The van der Waals surface area contributed by atoms with Crippen molar-refractivity contribution in [3.05, 3.63) is 65.7 Å². The number of methoxy groups -OCH3 is 1. The average Bonchev–Trinajstić information content (AvgIpc) is 2.77. The van der Waals surface area contributed by atoms with Crippen molar-refractivity contribution in [3.8, 4) is 5.75 Å². The number of nitrogens with one attached hydrogen (secondary N) is 1. The number of hydrogen-bond donors (Lipinski definition) is 1. The number of rotatable bonds is 12. The van der Waals surface area contributed by atoms with E-state index in [4.69, 9.17) is 4.74 Å². The molecule has 1 N–H and O–H groups in total. The second-order valence-corrected chi connectivity index (χ2v) is 8.09. The standard InChI is InChI=1S/C24H32N2O3S/c1-4-22(24(28)25-5-2)26(17-20-12-9-13-21(16-20)29-3)23(27)14-15-30-18-19-10-7-6-8-11-19/h6-13,16,22H,4-5,14-15,17-18H2,1-3H3,(H,25,28). The molecule has 2 aromatic rings. The van der Waals surface area contributed by atoms with E-state index in [9.17, 15) is 9.59 Å². The molecule has 0 radical (unpaired) electrons. The summed E-state index contributed by atoms with van der Waals surface area (Å²) in [7, 11) is 1.62. The molecule has 0 aliphatic heterocycles. The first-order chi connectivity index (χ1) is 14.6. The van der Waals surface area contributed by atoms with Crippen LogP contribution in [0, 0.1) is 0 Å². The van der Waals surface area contributed by atoms with Crippen LogP contribution in [0.2, 0.25) is 0 Å². The molecule has 0 spiro atoms. The molecule has 6 heteroatoms. The molecule has 0 aromatic heterocycles. The lowest BCUT2D eigenvalue weighted by Gasteiger charge is -2.30. The van der Waals surface area contributed by atoms with Gasteiger partial charge in [-0.15, -0.1) is 0 Å². The lowest BCUT2D eigenvalue weighted by molar-refractivity contribution is -0.141. The van der Waals surface area contributed by atoms with Crippen LogP contribution >= 0.6 is 11.8 Å². The number of amides is 2. The zero-order chi connectivity index (χ0) is 21.8. The third kappa shape index (κ3) is 7.41. The van der Waals surface area contributed by atoms with Crippen LogP contribution in [0.25, 0.3) is 0 Å². The maximum Gasteiger partial charge on any atom is 0.242 e. The molecule has 0 aliphatic rings. The summed E-state index contributed by atoms with van der Waals surface area (Å²) in [5.74, 6) is 2.22. The summed E-state index contributed by atoms with van der Waals surface area (Å²) in [4.78, 5) is 27.4. The van der Waals surface area contributed by atoms with Crippen LogP contribution in [0.4, 0.5) is 0 Å². The molecule has 162 valence electrons. The Labute approximate surface area is 184 Å². The molecular weight excluding hydrogens is 396 g/mol. The Morgan fingerprint density at radius 3 is 2.47 bits per heavy atom. The van der Waals surface area contributed by atoms with Gasteiger partial charge in [0.25, 0.3) is 0 Å². The van der Waals surface area contributed by atoms with Gasteiger partial charge in [-0.1, -0.05) is 49.4 Å². The van der Waals surface area contributed by atoms with Gasteiger partial charge in [-0.25, -0.2) is 0 Å². The van der Waals surface area contributed by atoms with Crippen molar-refractivity contribution in [3.63, 3.8) is 0 Å². The number of thioether (sulfide) groups is 1. The van der Waals surface area contributed by atoms with Crippen LogP contribution in [0.3, 0.4) is 0 Å². The Kier molecular flexibility index (Phi) is 10.3. The highest BCUT2D eigenvalue weighted by Crippen LogP contribution is 2.19. The summed E-state index contributed by atoms with van der Waals surface area (Å²) in [6.45, 7) is 4.76. The highest BCUT2D eigenvalue weighted by molar-refractivity contribution is 7.98. The van der Waals surface area contributed by atoms with Crippen LogP contribution in [0.1, 0.15) is 37.8 Å². The molecule has 2 rings (SSSR count). The molecule has 30 heavy (non-hydrogen) atoms. The molecule has 2 aromatic carbocycles. The van der Waals surface area contributed by atoms with E-state index in [0.717, 1.165) is 17.1 Å². The van der Waals surface area contributed by atoms with Crippen LogP contribution in [-0.4, -0.2) is 42.2 Å². The van der Waals surface area contributed by atoms with Crippen molar-refractivity contribution < 1.29 is 14.3 Å². The number of likely N-dealkylation sites (N-methyl/N-ethyl adjacent to an activating group) is 1. The number of ether oxygens (including phenoxy) is 1. The largest absolute Gasteiger partial charge is 0.497 e. The van der Waals surface area contributed by atoms with Gasteiger partial charge in [0.15, 0.2) is 0 Å². The summed E-state index contributed by atoms with van der Waals surface area (Å²) in [5.41, 5.74) is 2.19. The molecule has 0 bridgehead atoms. The van der Waals surface area contributed by atoms with Crippen molar-refractivity contribution in [1.82, 2.24) is 10.2 Å². The normalized spacial score (nSPS) is 11.6. The molecule has 0 saturated heterocycles. The molecule has 1 atom stereocenters. The summed E-state index contributed by atoms with van der Waals surface area (Å²) >= 11 is 1.73. The Morgan fingerprint density at radius 2 is 1.80 bits per heavy atom. The molecule has 5 nitrogen and oxygen atoms in total. The molecule has 1 unspecified atom stereocenters. The summed E-state index contributed by atoms with van der Waals surface area (Å²) < 4.78 is 5.31. The fraction of sp³-hybridized carbons (Fsp3) is 0.417. The number of carbonyl (C=O) groups is 2. The average molecular weight is 429 g/mol. The number of carbonyl (C=O) groups excluding carboxylic acids is 2. The van der Waals surface area contributed by atoms with Gasteiger partial charge >= 0.3 is 0 Å². The minimum atomic E-state index is -0.484. The highest BCUT2D eigenvalue weighted by atomic mass is 32.2. The molecule has 2 amide bonds. The van der Waals surface area contributed by atoms with Gasteiger partial charge in [-0.05, 0) is 36.6 Å². The molecule has 0 fully saturated rings. The van der Waals surface area contributed by atoms with Gasteiger partial charge in [-0.2, -0.15) is 11.8 Å². The van der Waals surface area contributed by atoms with Crippen LogP contribution < -0.4 is 10.1 Å². The fourth-order valence-electron chi connectivity index (χ4n) is 3.25. The number of nitrogens with zero attached hydrogens (tertiary/aromatic N) is 1. The van der Waals surface area contributed by atoms with E-state index in [0.29, 0.717) is 31.7 Å². The maximum absolute atomic E-state index is 13.1. The minimum Gasteiger partial charge on any atom is -0.497 e. The van der Waals surface area contributed by atoms with Crippen LogP contribution in [0.15, 0.2) is 54.6 Å². The molecule has 0 aliphatic carbocycles. The first-order valence-corrected chi connectivity index (χ1v) is 11.6. The van der Waals surface area contributed by atoms with E-state index in [1.165, 1.54) is 5.56 Å². The zero-order valence-electron chi connectivity index (χ0n) is 18.1. The lowest BCUT2D eigenvalue weighted by Crippen LogP contribution is -2.49. The fourth-order valence-corrected chi connectivity index (χ4v) is 4.14. The third-order valence-corrected chi connectivity index (χ3v) is 5.83. The maximum atomic E-state index is 13.1. The second kappa shape index (κ2) is 13.0. The van der Waals surface area contributed by atoms with E-state index >= 15 is 0 Å². The van der Waals surface area contributed by atoms with Crippen molar-refractivity contribution in [1.29, 1.82) is 0 Å². The second-order valence-electron chi connectivity index (χ2n) is 6.98. The van der Waals surface area contributed by atoms with Gasteiger partial charge in [-0.3, -0.25) is 9.59 Å². The van der Waals surface area contributed by atoms with Gasteiger partial charge in [0.1, 0.15) is 11.8 Å². The van der Waals surface area contributed by atoms with E-state index in [1.807, 2.05) is 56.3 Å². The Morgan fingerprint density at radius 1 is 1.07 bits per heavy atom. The molecule has 0 heterocycles. The van der Waals surface area contributed by atoms with Crippen molar-refractivity contribution in [2.75, 3.05) is 19.4 Å². The third-order valence-electron chi connectivity index (χ3n) is 4.80. The summed E-state index contributed by atoms with van der Waals surface area (Å²) in [5, 5.41) is 2.87. The van der Waals surface area contributed by atoms with Gasteiger partial charge in [0, 0.05) is 31.0 Å². The SMILES string of the molecule is CCNC(=O)C(CC)N(Cc1cccc(OC)c1)C(=O)CCSCc1ccccc1. The Balaban J connectivity index is 2.06. The predicted molar refractivity (Wildman–Crippen MR) is 124 cm³/mol. The summed E-state index contributed by atoms with van der Waals surface area (Å²) in [6.07, 6.45) is 0.968. The summed E-state index contributed by atoms with van der Waals surface area (Å²) in [6, 6.07) is 17.4. The van der Waals surface area contributed by atoms with Crippen molar-refractivity contribution >= 4 is 23.6 Å². The zero-order valence-corrected chi connectivity index (χ0v) is 18.9. The first kappa shape index (κ1) is 23.8. The monoisotopic (exact) mass is 428 g/mol. The first-order valence-electron chi connectivity index (χ1n) is 10.4.